The normalized spacial score (nSPS) is 15.4. The molecule has 112 valence electrons. The highest BCUT2D eigenvalue weighted by Crippen LogP contribution is 2.09. The summed E-state index contributed by atoms with van der Waals surface area (Å²) in [6, 6.07) is 3.56. The van der Waals surface area contributed by atoms with Gasteiger partial charge >= 0.3 is 0 Å². The third-order valence-electron chi connectivity index (χ3n) is 3.79. The van der Waals surface area contributed by atoms with E-state index in [-0.39, 0.29) is 5.91 Å². The van der Waals surface area contributed by atoms with Gasteiger partial charge < -0.3 is 4.90 Å². The van der Waals surface area contributed by atoms with Crippen LogP contribution in [-0.2, 0) is 0 Å². The van der Waals surface area contributed by atoms with E-state index in [2.05, 4.69) is 21.7 Å². The summed E-state index contributed by atoms with van der Waals surface area (Å²) in [7, 11) is 0. The maximum Gasteiger partial charge on any atom is 0.254 e. The minimum atomic E-state index is 0.121. The van der Waals surface area contributed by atoms with Crippen LogP contribution in [0, 0.1) is 11.8 Å². The first-order valence-electron chi connectivity index (χ1n) is 7.62. The smallest absolute Gasteiger partial charge is 0.254 e. The molecule has 0 unspecified atom stereocenters. The topological polar surface area (TPSA) is 36.4 Å². The van der Waals surface area contributed by atoms with Crippen molar-refractivity contribution in [2.45, 2.75) is 26.2 Å². The zero-order valence-corrected chi connectivity index (χ0v) is 12.7. The van der Waals surface area contributed by atoms with Crippen molar-refractivity contribution in [3.05, 3.63) is 30.1 Å². The summed E-state index contributed by atoms with van der Waals surface area (Å²) in [5.41, 5.74) is 0.733. The van der Waals surface area contributed by atoms with E-state index < -0.39 is 0 Å². The van der Waals surface area contributed by atoms with Crippen LogP contribution >= 0.6 is 0 Å². The number of hydrogen-bond donors (Lipinski definition) is 0. The van der Waals surface area contributed by atoms with Gasteiger partial charge in [0, 0.05) is 50.6 Å². The van der Waals surface area contributed by atoms with Crippen molar-refractivity contribution in [2.75, 3.05) is 32.7 Å². The molecule has 4 nitrogen and oxygen atoms in total. The molecular formula is C17H23N3O. The van der Waals surface area contributed by atoms with E-state index in [1.165, 1.54) is 6.42 Å². The van der Waals surface area contributed by atoms with Crippen molar-refractivity contribution in [3.8, 4) is 11.8 Å². The Balaban J connectivity index is 1.70. The van der Waals surface area contributed by atoms with Gasteiger partial charge in [-0.2, -0.15) is 0 Å². The minimum absolute atomic E-state index is 0.121. The number of amides is 1. The Labute approximate surface area is 127 Å². The van der Waals surface area contributed by atoms with E-state index in [9.17, 15) is 4.79 Å². The van der Waals surface area contributed by atoms with Crippen molar-refractivity contribution in [1.82, 2.24) is 14.8 Å². The van der Waals surface area contributed by atoms with Crippen LogP contribution in [0.5, 0.6) is 0 Å². The number of hydrogen-bond acceptors (Lipinski definition) is 3. The second-order valence-corrected chi connectivity index (χ2v) is 5.25. The van der Waals surface area contributed by atoms with Crippen LogP contribution in [-0.4, -0.2) is 53.4 Å². The molecule has 1 saturated heterocycles. The molecule has 1 aromatic heterocycles. The molecule has 1 aliphatic rings. The lowest BCUT2D eigenvalue weighted by atomic mass is 10.2. The van der Waals surface area contributed by atoms with E-state index in [0.717, 1.165) is 51.1 Å². The maximum absolute atomic E-state index is 12.3. The minimum Gasteiger partial charge on any atom is -0.336 e. The van der Waals surface area contributed by atoms with Gasteiger partial charge in [-0.1, -0.05) is 0 Å². The summed E-state index contributed by atoms with van der Waals surface area (Å²) in [6.45, 7) is 6.57. The molecule has 0 bridgehead atoms. The van der Waals surface area contributed by atoms with E-state index >= 15 is 0 Å². The summed E-state index contributed by atoms with van der Waals surface area (Å²) in [5.74, 6) is 6.15. The van der Waals surface area contributed by atoms with Crippen molar-refractivity contribution in [1.29, 1.82) is 0 Å². The molecule has 1 fully saturated rings. The third kappa shape index (κ3) is 4.87. The SMILES string of the molecule is CC#CCCCCN1CCN(C(=O)c2ccncc2)CC1. The van der Waals surface area contributed by atoms with Crippen LogP contribution in [0.3, 0.4) is 0 Å². The number of carbonyl (C=O) groups excluding carboxylic acids is 1. The number of piperazine rings is 1. The van der Waals surface area contributed by atoms with Crippen LogP contribution in [0.15, 0.2) is 24.5 Å². The Hall–Kier alpha value is -1.86. The number of carbonyl (C=O) groups is 1. The molecule has 0 aromatic carbocycles. The van der Waals surface area contributed by atoms with Crippen molar-refractivity contribution in [3.63, 3.8) is 0 Å². The van der Waals surface area contributed by atoms with Gasteiger partial charge in [-0.3, -0.25) is 14.7 Å². The molecule has 1 aliphatic heterocycles. The molecule has 0 spiro atoms. The first-order valence-corrected chi connectivity index (χ1v) is 7.62. The fourth-order valence-electron chi connectivity index (χ4n) is 2.53. The molecular weight excluding hydrogens is 262 g/mol. The molecule has 2 heterocycles. The highest BCUT2D eigenvalue weighted by molar-refractivity contribution is 5.94. The first kappa shape index (κ1) is 15.5. The second-order valence-electron chi connectivity index (χ2n) is 5.25. The lowest BCUT2D eigenvalue weighted by Gasteiger charge is -2.34. The predicted octanol–water partition coefficient (Wildman–Crippen LogP) is 2.03. The number of nitrogens with zero attached hydrogens (tertiary/aromatic N) is 3. The molecule has 0 N–H and O–H groups in total. The lowest BCUT2D eigenvalue weighted by molar-refractivity contribution is 0.0635. The predicted molar refractivity (Wildman–Crippen MR) is 83.9 cm³/mol. The first-order chi connectivity index (χ1) is 10.3. The Morgan fingerprint density at radius 3 is 2.57 bits per heavy atom. The second kappa shape index (κ2) is 8.43. The van der Waals surface area contributed by atoms with Crippen molar-refractivity contribution >= 4 is 5.91 Å². The Morgan fingerprint density at radius 2 is 1.90 bits per heavy atom. The van der Waals surface area contributed by atoms with Gasteiger partial charge in [0.1, 0.15) is 0 Å². The summed E-state index contributed by atoms with van der Waals surface area (Å²) in [6.07, 6.45) is 6.69. The summed E-state index contributed by atoms with van der Waals surface area (Å²) < 4.78 is 0. The Morgan fingerprint density at radius 1 is 1.19 bits per heavy atom. The van der Waals surface area contributed by atoms with Crippen LogP contribution in [0.1, 0.15) is 36.5 Å². The van der Waals surface area contributed by atoms with Gasteiger partial charge in [0.25, 0.3) is 5.91 Å². The van der Waals surface area contributed by atoms with Gasteiger partial charge in [0.15, 0.2) is 0 Å². The largest absolute Gasteiger partial charge is 0.336 e. The summed E-state index contributed by atoms with van der Waals surface area (Å²) in [4.78, 5) is 20.6. The average molecular weight is 285 g/mol. The van der Waals surface area contributed by atoms with E-state index in [4.69, 9.17) is 0 Å². The molecule has 0 atom stereocenters. The van der Waals surface area contributed by atoms with Gasteiger partial charge in [0.05, 0.1) is 0 Å². The fraction of sp³-hybridized carbons (Fsp3) is 0.529. The molecule has 0 saturated carbocycles. The van der Waals surface area contributed by atoms with Gasteiger partial charge in [-0.15, -0.1) is 11.8 Å². The van der Waals surface area contributed by atoms with Gasteiger partial charge in [-0.05, 0) is 38.4 Å². The van der Waals surface area contributed by atoms with Crippen LogP contribution in [0.25, 0.3) is 0 Å². The van der Waals surface area contributed by atoms with E-state index in [0.29, 0.717) is 0 Å². The highest BCUT2D eigenvalue weighted by Gasteiger charge is 2.21. The third-order valence-corrected chi connectivity index (χ3v) is 3.79. The van der Waals surface area contributed by atoms with Crippen LogP contribution < -0.4 is 0 Å². The molecule has 2 rings (SSSR count). The molecule has 21 heavy (non-hydrogen) atoms. The Bertz CT molecular complexity index is 496. The molecule has 1 aromatic rings. The zero-order valence-electron chi connectivity index (χ0n) is 12.7. The van der Waals surface area contributed by atoms with E-state index in [1.807, 2.05) is 11.8 Å². The number of unbranched alkanes of at least 4 members (excludes halogenated alkanes) is 2. The maximum atomic E-state index is 12.3. The van der Waals surface area contributed by atoms with Gasteiger partial charge in [0.2, 0.25) is 0 Å². The average Bonchev–Trinajstić information content (AvgIpc) is 2.55. The number of pyridine rings is 1. The number of rotatable bonds is 5. The van der Waals surface area contributed by atoms with Crippen LogP contribution in [0.4, 0.5) is 0 Å². The Kier molecular flexibility index (Phi) is 6.23. The van der Waals surface area contributed by atoms with Crippen LogP contribution in [0.2, 0.25) is 0 Å². The monoisotopic (exact) mass is 285 g/mol. The number of aromatic nitrogens is 1. The van der Waals surface area contributed by atoms with E-state index in [1.54, 1.807) is 24.5 Å². The quantitative estimate of drug-likeness (QED) is 0.613. The molecule has 4 heteroatoms. The zero-order chi connectivity index (χ0) is 14.9. The molecule has 0 radical (unpaired) electrons. The lowest BCUT2D eigenvalue weighted by Crippen LogP contribution is -2.48. The molecule has 0 aliphatic carbocycles. The summed E-state index contributed by atoms with van der Waals surface area (Å²) in [5, 5.41) is 0. The van der Waals surface area contributed by atoms with Crippen molar-refractivity contribution < 1.29 is 4.79 Å². The standard InChI is InChI=1S/C17H23N3O/c1-2-3-4-5-6-11-19-12-14-20(15-13-19)17(21)16-7-9-18-10-8-16/h7-10H,4-6,11-15H2,1H3. The van der Waals surface area contributed by atoms with Gasteiger partial charge in [-0.25, -0.2) is 0 Å². The van der Waals surface area contributed by atoms with Crippen molar-refractivity contribution in [2.24, 2.45) is 0 Å². The highest BCUT2D eigenvalue weighted by atomic mass is 16.2. The molecule has 1 amide bonds. The fourth-order valence-corrected chi connectivity index (χ4v) is 2.53. The summed E-state index contributed by atoms with van der Waals surface area (Å²) >= 11 is 0.